The summed E-state index contributed by atoms with van der Waals surface area (Å²) in [6, 6.07) is 11.7. The number of carbonyl (C=O) groups is 1. The summed E-state index contributed by atoms with van der Waals surface area (Å²) in [6.07, 6.45) is 2.50. The zero-order chi connectivity index (χ0) is 21.9. The highest BCUT2D eigenvalue weighted by Crippen LogP contribution is 2.40. The summed E-state index contributed by atoms with van der Waals surface area (Å²) in [5, 5.41) is 13.8. The molecule has 164 valence electrons. The molecule has 1 amide bonds. The van der Waals surface area contributed by atoms with E-state index >= 15 is 0 Å². The van der Waals surface area contributed by atoms with Gasteiger partial charge in [-0.15, -0.1) is 10.2 Å². The molecule has 2 aromatic carbocycles. The zero-order valence-electron chi connectivity index (χ0n) is 17.4. The standard InChI is InChI=1S/C23H22FN5O3/c24-16-5-3-15(4-6-16)22-18-13-17(31-12-9-21-25-27-28-26-21)7-8-20(18)32-14-19(22)23(30)29-10-1-2-11-29/h3-8,13H,1-2,9-12,14H2,(H,25,26,27,28). The molecule has 0 spiro atoms. The third kappa shape index (κ3) is 4.05. The number of nitrogens with one attached hydrogen (secondary N) is 1. The first kappa shape index (κ1) is 20.2. The second kappa shape index (κ2) is 8.78. The van der Waals surface area contributed by atoms with Crippen molar-refractivity contribution in [3.05, 3.63) is 70.8 Å². The van der Waals surface area contributed by atoms with Crippen LogP contribution in [0.2, 0.25) is 0 Å². The van der Waals surface area contributed by atoms with Crippen LogP contribution in [0.4, 0.5) is 4.39 Å². The molecule has 1 saturated heterocycles. The topological polar surface area (TPSA) is 93.2 Å². The molecule has 1 N–H and O–H groups in total. The summed E-state index contributed by atoms with van der Waals surface area (Å²) in [5.74, 6) is 1.50. The maximum atomic E-state index is 13.6. The molecule has 0 aliphatic carbocycles. The van der Waals surface area contributed by atoms with Gasteiger partial charge in [0.15, 0.2) is 5.82 Å². The van der Waals surface area contributed by atoms with Crippen molar-refractivity contribution >= 4 is 11.5 Å². The first-order valence-corrected chi connectivity index (χ1v) is 10.6. The number of ether oxygens (including phenoxy) is 2. The van der Waals surface area contributed by atoms with Crippen molar-refractivity contribution in [2.75, 3.05) is 26.3 Å². The Hall–Kier alpha value is -3.75. The van der Waals surface area contributed by atoms with Crippen molar-refractivity contribution < 1.29 is 18.7 Å². The number of aromatic nitrogens is 4. The Kier molecular flexibility index (Phi) is 5.53. The van der Waals surface area contributed by atoms with Crippen molar-refractivity contribution in [3.63, 3.8) is 0 Å². The molecular formula is C23H22FN5O3. The van der Waals surface area contributed by atoms with Crippen molar-refractivity contribution in [3.8, 4) is 11.5 Å². The van der Waals surface area contributed by atoms with Gasteiger partial charge in [0, 0.05) is 30.6 Å². The van der Waals surface area contributed by atoms with Crippen LogP contribution in [-0.2, 0) is 11.2 Å². The number of benzene rings is 2. The fourth-order valence-corrected chi connectivity index (χ4v) is 4.08. The molecule has 0 bridgehead atoms. The molecule has 2 aliphatic heterocycles. The predicted molar refractivity (Wildman–Crippen MR) is 114 cm³/mol. The molecule has 9 heteroatoms. The summed E-state index contributed by atoms with van der Waals surface area (Å²) in [5.41, 5.74) is 2.85. The summed E-state index contributed by atoms with van der Waals surface area (Å²) in [6.45, 7) is 2.03. The summed E-state index contributed by atoms with van der Waals surface area (Å²) >= 11 is 0. The van der Waals surface area contributed by atoms with Crippen LogP contribution in [0, 0.1) is 5.82 Å². The van der Waals surface area contributed by atoms with Gasteiger partial charge in [-0.05, 0) is 48.7 Å². The number of rotatable bonds is 6. The van der Waals surface area contributed by atoms with E-state index in [-0.39, 0.29) is 18.3 Å². The number of likely N-dealkylation sites (tertiary alicyclic amines) is 1. The minimum Gasteiger partial charge on any atom is -0.493 e. The van der Waals surface area contributed by atoms with Gasteiger partial charge in [-0.1, -0.05) is 17.3 Å². The summed E-state index contributed by atoms with van der Waals surface area (Å²) in [4.78, 5) is 15.2. The highest BCUT2D eigenvalue weighted by atomic mass is 19.1. The summed E-state index contributed by atoms with van der Waals surface area (Å²) in [7, 11) is 0. The number of tetrazole rings is 1. The van der Waals surface area contributed by atoms with E-state index in [0.29, 0.717) is 35.9 Å². The van der Waals surface area contributed by atoms with Crippen molar-refractivity contribution in [1.82, 2.24) is 25.5 Å². The van der Waals surface area contributed by atoms with Crippen molar-refractivity contribution in [2.45, 2.75) is 19.3 Å². The van der Waals surface area contributed by atoms with Crippen LogP contribution >= 0.6 is 0 Å². The monoisotopic (exact) mass is 435 g/mol. The minimum absolute atomic E-state index is 0.0316. The van der Waals surface area contributed by atoms with Gasteiger partial charge < -0.3 is 14.4 Å². The SMILES string of the molecule is O=C(C1=C(c2ccc(F)cc2)c2cc(OCCc3nn[nH]n3)ccc2OC1)N1CCCC1. The van der Waals surface area contributed by atoms with E-state index in [1.807, 2.05) is 23.1 Å². The van der Waals surface area contributed by atoms with Crippen molar-refractivity contribution in [1.29, 1.82) is 0 Å². The van der Waals surface area contributed by atoms with Gasteiger partial charge in [0.05, 0.1) is 12.2 Å². The molecule has 3 heterocycles. The van der Waals surface area contributed by atoms with E-state index in [1.54, 1.807) is 12.1 Å². The largest absolute Gasteiger partial charge is 0.493 e. The van der Waals surface area contributed by atoms with Gasteiger partial charge in [0.2, 0.25) is 0 Å². The normalized spacial score (nSPS) is 15.5. The third-order valence-corrected chi connectivity index (χ3v) is 5.66. The van der Waals surface area contributed by atoms with E-state index in [0.717, 1.165) is 42.6 Å². The van der Waals surface area contributed by atoms with Crippen LogP contribution in [0.25, 0.3) is 5.57 Å². The lowest BCUT2D eigenvalue weighted by Gasteiger charge is -2.27. The van der Waals surface area contributed by atoms with E-state index in [4.69, 9.17) is 9.47 Å². The number of amides is 1. The maximum Gasteiger partial charge on any atom is 0.253 e. The van der Waals surface area contributed by atoms with Crippen molar-refractivity contribution in [2.24, 2.45) is 0 Å². The number of aromatic amines is 1. The van der Waals surface area contributed by atoms with Gasteiger partial charge >= 0.3 is 0 Å². The van der Waals surface area contributed by atoms with E-state index in [2.05, 4.69) is 20.6 Å². The molecule has 8 nitrogen and oxygen atoms in total. The van der Waals surface area contributed by atoms with E-state index in [1.165, 1.54) is 12.1 Å². The lowest BCUT2D eigenvalue weighted by molar-refractivity contribution is -0.126. The van der Waals surface area contributed by atoms with Crippen LogP contribution in [0.3, 0.4) is 0 Å². The fourth-order valence-electron chi connectivity index (χ4n) is 4.08. The van der Waals surface area contributed by atoms with Crippen LogP contribution in [0.1, 0.15) is 29.8 Å². The van der Waals surface area contributed by atoms with Gasteiger partial charge in [-0.3, -0.25) is 4.79 Å². The predicted octanol–water partition coefficient (Wildman–Crippen LogP) is 2.78. The molecule has 0 radical (unpaired) electrons. The molecule has 1 aromatic heterocycles. The average Bonchev–Trinajstić information content (AvgIpc) is 3.53. The van der Waals surface area contributed by atoms with Gasteiger partial charge in [-0.25, -0.2) is 4.39 Å². The highest BCUT2D eigenvalue weighted by Gasteiger charge is 2.30. The van der Waals surface area contributed by atoms with Gasteiger partial charge in [-0.2, -0.15) is 5.21 Å². The number of hydrogen-bond acceptors (Lipinski definition) is 6. The summed E-state index contributed by atoms with van der Waals surface area (Å²) < 4.78 is 25.5. The number of nitrogens with zero attached hydrogens (tertiary/aromatic N) is 4. The number of carbonyl (C=O) groups excluding carboxylic acids is 1. The first-order valence-electron chi connectivity index (χ1n) is 10.6. The average molecular weight is 435 g/mol. The van der Waals surface area contributed by atoms with Crippen LogP contribution in [0.5, 0.6) is 11.5 Å². The highest BCUT2D eigenvalue weighted by molar-refractivity contribution is 6.06. The Morgan fingerprint density at radius 2 is 1.97 bits per heavy atom. The Bertz CT molecular complexity index is 1140. The lowest BCUT2D eigenvalue weighted by atomic mass is 9.90. The van der Waals surface area contributed by atoms with Crippen LogP contribution in [-0.4, -0.2) is 57.7 Å². The lowest BCUT2D eigenvalue weighted by Crippen LogP contribution is -2.33. The fraction of sp³-hybridized carbons (Fsp3) is 0.304. The minimum atomic E-state index is -0.326. The van der Waals surface area contributed by atoms with E-state index < -0.39 is 0 Å². The second-order valence-electron chi connectivity index (χ2n) is 7.73. The molecular weight excluding hydrogens is 413 g/mol. The molecule has 5 rings (SSSR count). The van der Waals surface area contributed by atoms with Gasteiger partial charge in [0.25, 0.3) is 5.91 Å². The molecule has 32 heavy (non-hydrogen) atoms. The molecule has 2 aliphatic rings. The number of hydrogen-bond donors (Lipinski definition) is 1. The Labute approximate surface area is 184 Å². The Morgan fingerprint density at radius 3 is 2.72 bits per heavy atom. The smallest absolute Gasteiger partial charge is 0.253 e. The van der Waals surface area contributed by atoms with Crippen LogP contribution in [0.15, 0.2) is 48.0 Å². The Morgan fingerprint density at radius 1 is 1.16 bits per heavy atom. The van der Waals surface area contributed by atoms with Crippen LogP contribution < -0.4 is 9.47 Å². The maximum absolute atomic E-state index is 13.6. The van der Waals surface area contributed by atoms with Gasteiger partial charge in [0.1, 0.15) is 23.9 Å². The first-order chi connectivity index (χ1) is 15.7. The zero-order valence-corrected chi connectivity index (χ0v) is 17.4. The van der Waals surface area contributed by atoms with E-state index in [9.17, 15) is 9.18 Å². The number of H-pyrrole nitrogens is 1. The molecule has 3 aromatic rings. The number of halogens is 1. The molecule has 1 fully saturated rings. The second-order valence-corrected chi connectivity index (χ2v) is 7.73. The Balaban J connectivity index is 1.50. The molecule has 0 saturated carbocycles. The third-order valence-electron chi connectivity index (χ3n) is 5.66. The quantitative estimate of drug-likeness (QED) is 0.640. The molecule has 0 unspecified atom stereocenters. The molecule has 0 atom stereocenters. The number of fused-ring (bicyclic) bond motifs is 1.